The molecule has 0 aliphatic carbocycles. The molecule has 1 heterocycles. The van der Waals surface area contributed by atoms with Gasteiger partial charge in [-0.25, -0.2) is 4.39 Å². The third kappa shape index (κ3) is 4.22. The zero-order valence-electron chi connectivity index (χ0n) is 12.8. The zero-order valence-corrected chi connectivity index (χ0v) is 13.6. The lowest BCUT2D eigenvalue weighted by molar-refractivity contribution is 0.109. The van der Waals surface area contributed by atoms with Crippen molar-refractivity contribution >= 4 is 17.3 Å². The summed E-state index contributed by atoms with van der Waals surface area (Å²) in [5.41, 5.74) is 1.89. The lowest BCUT2D eigenvalue weighted by Crippen LogP contribution is -2.47. The Kier molecular flexibility index (Phi) is 5.16. The van der Waals surface area contributed by atoms with Crippen LogP contribution in [0.1, 0.15) is 11.7 Å². The number of β-amino-alcohol motifs (C(OH)–C–C–N with tert-alkyl or cyclic N) is 1. The molecule has 23 heavy (non-hydrogen) atoms. The molecular weight excluding hydrogens is 315 g/mol. The summed E-state index contributed by atoms with van der Waals surface area (Å²) in [5, 5.41) is 11.0. The molecule has 0 spiro atoms. The van der Waals surface area contributed by atoms with Crippen molar-refractivity contribution in [1.29, 1.82) is 0 Å². The van der Waals surface area contributed by atoms with Crippen LogP contribution in [0.4, 0.5) is 10.1 Å². The smallest absolute Gasteiger partial charge is 0.123 e. The normalized spacial score (nSPS) is 17.3. The van der Waals surface area contributed by atoms with Crippen molar-refractivity contribution in [3.8, 4) is 0 Å². The predicted molar refractivity (Wildman–Crippen MR) is 91.5 cm³/mol. The molecule has 0 aromatic heterocycles. The molecular formula is C18H20ClFN2O. The molecule has 1 N–H and O–H groups in total. The van der Waals surface area contributed by atoms with E-state index in [1.54, 1.807) is 12.1 Å². The summed E-state index contributed by atoms with van der Waals surface area (Å²) in [5.74, 6) is -0.211. The minimum atomic E-state index is -0.536. The molecule has 3 nitrogen and oxygen atoms in total. The molecule has 1 atom stereocenters. The van der Waals surface area contributed by atoms with Gasteiger partial charge in [-0.3, -0.25) is 4.90 Å². The Hall–Kier alpha value is -1.62. The molecule has 1 unspecified atom stereocenters. The van der Waals surface area contributed by atoms with E-state index in [-0.39, 0.29) is 5.82 Å². The molecule has 122 valence electrons. The molecule has 1 aliphatic heterocycles. The summed E-state index contributed by atoms with van der Waals surface area (Å²) in [7, 11) is 0. The summed E-state index contributed by atoms with van der Waals surface area (Å²) in [6.07, 6.45) is -0.536. The topological polar surface area (TPSA) is 26.7 Å². The van der Waals surface area contributed by atoms with E-state index in [2.05, 4.69) is 9.80 Å². The molecule has 2 aromatic rings. The van der Waals surface area contributed by atoms with E-state index in [1.807, 2.05) is 24.3 Å². The van der Waals surface area contributed by atoms with Crippen molar-refractivity contribution < 1.29 is 9.50 Å². The Bertz CT molecular complexity index is 642. The van der Waals surface area contributed by atoms with Crippen molar-refractivity contribution in [2.45, 2.75) is 6.10 Å². The fourth-order valence-electron chi connectivity index (χ4n) is 2.90. The van der Waals surface area contributed by atoms with Crippen LogP contribution in [0.15, 0.2) is 48.5 Å². The fraction of sp³-hybridized carbons (Fsp3) is 0.333. The second-order valence-electron chi connectivity index (χ2n) is 5.83. The first-order valence-electron chi connectivity index (χ1n) is 7.78. The Morgan fingerprint density at radius 1 is 1.04 bits per heavy atom. The Morgan fingerprint density at radius 2 is 1.74 bits per heavy atom. The molecule has 5 heteroatoms. The van der Waals surface area contributed by atoms with E-state index in [0.29, 0.717) is 11.6 Å². The second kappa shape index (κ2) is 7.30. The van der Waals surface area contributed by atoms with E-state index in [4.69, 9.17) is 11.6 Å². The van der Waals surface area contributed by atoms with Crippen LogP contribution in [-0.4, -0.2) is 42.7 Å². The highest BCUT2D eigenvalue weighted by Gasteiger charge is 2.20. The van der Waals surface area contributed by atoms with Gasteiger partial charge in [0, 0.05) is 43.4 Å². The minimum Gasteiger partial charge on any atom is -0.387 e. The number of aliphatic hydroxyl groups excluding tert-OH is 1. The first-order valence-corrected chi connectivity index (χ1v) is 8.16. The summed E-state index contributed by atoms with van der Waals surface area (Å²) in [4.78, 5) is 4.48. The van der Waals surface area contributed by atoms with Crippen LogP contribution in [-0.2, 0) is 0 Å². The van der Waals surface area contributed by atoms with Gasteiger partial charge in [-0.15, -0.1) is 0 Å². The maximum atomic E-state index is 13.0. The largest absolute Gasteiger partial charge is 0.387 e. The Morgan fingerprint density at radius 3 is 2.39 bits per heavy atom. The number of aliphatic hydroxyl groups is 1. The van der Waals surface area contributed by atoms with Gasteiger partial charge in [0.1, 0.15) is 5.82 Å². The summed E-state index contributed by atoms with van der Waals surface area (Å²) >= 11 is 5.97. The molecule has 1 fully saturated rings. The highest BCUT2D eigenvalue weighted by Crippen LogP contribution is 2.21. The molecule has 0 amide bonds. The lowest BCUT2D eigenvalue weighted by atomic mass is 10.1. The van der Waals surface area contributed by atoms with Crippen molar-refractivity contribution in [2.24, 2.45) is 0 Å². The third-order valence-electron chi connectivity index (χ3n) is 4.23. The first-order chi connectivity index (χ1) is 11.1. The van der Waals surface area contributed by atoms with Crippen LogP contribution in [0.25, 0.3) is 0 Å². The average Bonchev–Trinajstić information content (AvgIpc) is 2.56. The van der Waals surface area contributed by atoms with Gasteiger partial charge in [-0.05, 0) is 42.0 Å². The highest BCUT2D eigenvalue weighted by molar-refractivity contribution is 6.30. The van der Waals surface area contributed by atoms with Crippen LogP contribution in [0, 0.1) is 5.82 Å². The molecule has 0 saturated carbocycles. The zero-order chi connectivity index (χ0) is 16.2. The number of hydrogen-bond donors (Lipinski definition) is 1. The van der Waals surface area contributed by atoms with Crippen LogP contribution in [0.5, 0.6) is 0 Å². The molecule has 2 aromatic carbocycles. The fourth-order valence-corrected chi connectivity index (χ4v) is 3.10. The molecule has 0 bridgehead atoms. The highest BCUT2D eigenvalue weighted by atomic mass is 35.5. The van der Waals surface area contributed by atoms with Gasteiger partial charge in [0.2, 0.25) is 0 Å². The number of halogens is 2. The van der Waals surface area contributed by atoms with E-state index in [0.717, 1.165) is 37.4 Å². The second-order valence-corrected chi connectivity index (χ2v) is 6.27. The molecule has 1 saturated heterocycles. The molecule has 3 rings (SSSR count). The van der Waals surface area contributed by atoms with E-state index in [9.17, 15) is 9.50 Å². The van der Waals surface area contributed by atoms with Gasteiger partial charge >= 0.3 is 0 Å². The Balaban J connectivity index is 1.54. The number of rotatable bonds is 4. The van der Waals surface area contributed by atoms with Crippen molar-refractivity contribution in [3.63, 3.8) is 0 Å². The number of hydrogen-bond acceptors (Lipinski definition) is 3. The van der Waals surface area contributed by atoms with E-state index in [1.165, 1.54) is 12.1 Å². The minimum absolute atomic E-state index is 0.211. The SMILES string of the molecule is OC(CN1CCN(c2ccc(F)cc2)CC1)c1cccc(Cl)c1. The van der Waals surface area contributed by atoms with Crippen LogP contribution in [0.2, 0.25) is 5.02 Å². The Labute approximate surface area is 140 Å². The number of nitrogens with zero attached hydrogens (tertiary/aromatic N) is 2. The molecule has 0 radical (unpaired) electrons. The van der Waals surface area contributed by atoms with Gasteiger partial charge in [-0.2, -0.15) is 0 Å². The number of benzene rings is 2. The monoisotopic (exact) mass is 334 g/mol. The first kappa shape index (κ1) is 16.2. The maximum Gasteiger partial charge on any atom is 0.123 e. The van der Waals surface area contributed by atoms with Crippen molar-refractivity contribution in [1.82, 2.24) is 4.90 Å². The molecule has 1 aliphatic rings. The maximum absolute atomic E-state index is 13.0. The van der Waals surface area contributed by atoms with Crippen molar-refractivity contribution in [2.75, 3.05) is 37.6 Å². The van der Waals surface area contributed by atoms with E-state index < -0.39 is 6.10 Å². The van der Waals surface area contributed by atoms with E-state index >= 15 is 0 Å². The van der Waals surface area contributed by atoms with Crippen molar-refractivity contribution in [3.05, 3.63) is 64.9 Å². The average molecular weight is 335 g/mol. The van der Waals surface area contributed by atoms with Gasteiger partial charge < -0.3 is 10.0 Å². The van der Waals surface area contributed by atoms with Crippen LogP contribution < -0.4 is 4.90 Å². The summed E-state index contributed by atoms with van der Waals surface area (Å²) in [6, 6.07) is 14.0. The predicted octanol–water partition coefficient (Wildman–Crippen LogP) is 3.33. The standard InChI is InChI=1S/C18H20ClFN2O/c19-15-3-1-2-14(12-15)18(23)13-21-8-10-22(11-9-21)17-6-4-16(20)5-7-17/h1-7,12,18,23H,8-11,13H2. The summed E-state index contributed by atoms with van der Waals surface area (Å²) in [6.45, 7) is 4.07. The van der Waals surface area contributed by atoms with Gasteiger partial charge in [0.15, 0.2) is 0 Å². The van der Waals surface area contributed by atoms with Crippen LogP contribution >= 0.6 is 11.6 Å². The van der Waals surface area contributed by atoms with Gasteiger partial charge in [0.25, 0.3) is 0 Å². The van der Waals surface area contributed by atoms with Gasteiger partial charge in [-0.1, -0.05) is 23.7 Å². The third-order valence-corrected chi connectivity index (χ3v) is 4.46. The van der Waals surface area contributed by atoms with Crippen LogP contribution in [0.3, 0.4) is 0 Å². The summed E-state index contributed by atoms with van der Waals surface area (Å²) < 4.78 is 13.0. The number of anilines is 1. The number of piperazine rings is 1. The quantitative estimate of drug-likeness (QED) is 0.929. The van der Waals surface area contributed by atoms with Gasteiger partial charge in [0.05, 0.1) is 6.10 Å². The lowest BCUT2D eigenvalue weighted by Gasteiger charge is -2.37.